The van der Waals surface area contributed by atoms with Crippen molar-refractivity contribution < 1.29 is 14.3 Å². The minimum atomic E-state index is -0.549. The van der Waals surface area contributed by atoms with Crippen molar-refractivity contribution in [2.45, 2.75) is 32.4 Å². The highest BCUT2D eigenvalue weighted by molar-refractivity contribution is 5.81. The Morgan fingerprint density at radius 3 is 2.62 bits per heavy atom. The number of amides is 1. The summed E-state index contributed by atoms with van der Waals surface area (Å²) < 4.78 is 9.96. The Bertz CT molecular complexity index is 230. The normalized spacial score (nSPS) is 22.1. The van der Waals surface area contributed by atoms with Crippen LogP contribution in [0.25, 0.3) is 0 Å². The molecular weight excluding hydrogens is 170 g/mol. The minimum absolute atomic E-state index is 0.161. The Kier molecular flexibility index (Phi) is 2.50. The number of carbonyl (C=O) groups excluding carboxylic acids is 1. The third-order valence-corrected chi connectivity index (χ3v) is 1.46. The zero-order valence-corrected chi connectivity index (χ0v) is 8.22. The summed E-state index contributed by atoms with van der Waals surface area (Å²) >= 11 is 0. The first-order chi connectivity index (χ1) is 5.88. The molecule has 0 bridgehead atoms. The molecule has 0 aromatic rings. The molecule has 1 N–H and O–H groups in total. The third-order valence-electron chi connectivity index (χ3n) is 1.46. The quantitative estimate of drug-likeness (QED) is 0.657. The molecule has 1 aliphatic rings. The molecule has 0 radical (unpaired) electrons. The van der Waals surface area contributed by atoms with E-state index in [2.05, 4.69) is 11.9 Å². The maximum atomic E-state index is 11.4. The molecule has 4 nitrogen and oxygen atoms in total. The molecular formula is C9H15NO3. The average molecular weight is 185 g/mol. The summed E-state index contributed by atoms with van der Waals surface area (Å²) in [5.74, 6) is 0.0557. The summed E-state index contributed by atoms with van der Waals surface area (Å²) in [4.78, 5) is 11.4. The first-order valence-corrected chi connectivity index (χ1v) is 4.19. The maximum Gasteiger partial charge on any atom is 0.272 e. The topological polar surface area (TPSA) is 47.6 Å². The Morgan fingerprint density at radius 1 is 1.62 bits per heavy atom. The first kappa shape index (κ1) is 9.89. The van der Waals surface area contributed by atoms with Gasteiger partial charge in [-0.15, -0.1) is 0 Å². The van der Waals surface area contributed by atoms with Gasteiger partial charge in [-0.3, -0.25) is 4.79 Å². The summed E-state index contributed by atoms with van der Waals surface area (Å²) in [5, 5.41) is 2.80. The van der Waals surface area contributed by atoms with E-state index in [4.69, 9.17) is 9.47 Å². The van der Waals surface area contributed by atoms with E-state index >= 15 is 0 Å². The fraction of sp³-hybridized carbons (Fsp3) is 0.667. The largest absolute Gasteiger partial charge is 0.461 e. The van der Waals surface area contributed by atoms with Gasteiger partial charge in [-0.05, 0) is 27.4 Å². The highest BCUT2D eigenvalue weighted by Crippen LogP contribution is 2.13. The summed E-state index contributed by atoms with van der Waals surface area (Å²) in [6.45, 7) is 9.45. The molecule has 0 spiro atoms. The minimum Gasteiger partial charge on any atom is -0.461 e. The van der Waals surface area contributed by atoms with E-state index in [1.54, 1.807) is 0 Å². The van der Waals surface area contributed by atoms with Crippen molar-refractivity contribution in [3.05, 3.63) is 12.5 Å². The Hall–Kier alpha value is -1.19. The Labute approximate surface area is 77.9 Å². The molecule has 0 aromatic carbocycles. The molecule has 1 rings (SSSR count). The van der Waals surface area contributed by atoms with Crippen LogP contribution in [0.2, 0.25) is 0 Å². The van der Waals surface area contributed by atoms with Crippen LogP contribution in [0.1, 0.15) is 20.8 Å². The van der Waals surface area contributed by atoms with Crippen LogP contribution < -0.4 is 5.32 Å². The SMILES string of the molecule is C=C1OCC(C(=O)NC(C)(C)C)O1. The van der Waals surface area contributed by atoms with Gasteiger partial charge in [0.05, 0.1) is 0 Å². The zero-order chi connectivity index (χ0) is 10.1. The van der Waals surface area contributed by atoms with Gasteiger partial charge < -0.3 is 14.8 Å². The van der Waals surface area contributed by atoms with Crippen LogP contribution in [0.15, 0.2) is 12.5 Å². The van der Waals surface area contributed by atoms with Crippen LogP contribution >= 0.6 is 0 Å². The maximum absolute atomic E-state index is 11.4. The highest BCUT2D eigenvalue weighted by atomic mass is 16.7. The van der Waals surface area contributed by atoms with Gasteiger partial charge in [0.15, 0.2) is 0 Å². The van der Waals surface area contributed by atoms with Crippen molar-refractivity contribution in [2.75, 3.05) is 6.61 Å². The van der Waals surface area contributed by atoms with E-state index in [0.29, 0.717) is 0 Å². The van der Waals surface area contributed by atoms with E-state index in [-0.39, 0.29) is 24.0 Å². The number of nitrogens with one attached hydrogen (secondary N) is 1. The molecule has 1 fully saturated rings. The van der Waals surface area contributed by atoms with Gasteiger partial charge in [0.25, 0.3) is 11.9 Å². The third kappa shape index (κ3) is 2.97. The molecule has 4 heteroatoms. The molecule has 0 aliphatic carbocycles. The summed E-state index contributed by atoms with van der Waals surface area (Å²) in [6, 6.07) is 0. The van der Waals surface area contributed by atoms with Crippen molar-refractivity contribution in [2.24, 2.45) is 0 Å². The van der Waals surface area contributed by atoms with Gasteiger partial charge in [0.2, 0.25) is 6.10 Å². The predicted octanol–water partition coefficient (Wildman–Crippen LogP) is 0.788. The molecule has 1 unspecified atom stereocenters. The summed E-state index contributed by atoms with van der Waals surface area (Å²) in [5.41, 5.74) is -0.246. The average Bonchev–Trinajstić information content (AvgIpc) is 2.31. The second-order valence-corrected chi connectivity index (χ2v) is 4.03. The van der Waals surface area contributed by atoms with Crippen LogP contribution in [-0.4, -0.2) is 24.2 Å². The predicted molar refractivity (Wildman–Crippen MR) is 47.9 cm³/mol. The monoisotopic (exact) mass is 185 g/mol. The van der Waals surface area contributed by atoms with E-state index in [1.807, 2.05) is 20.8 Å². The lowest BCUT2D eigenvalue weighted by Gasteiger charge is -2.21. The highest BCUT2D eigenvalue weighted by Gasteiger charge is 2.30. The summed E-state index contributed by atoms with van der Waals surface area (Å²) in [6.07, 6.45) is -0.549. The lowest BCUT2D eigenvalue weighted by molar-refractivity contribution is -0.129. The molecule has 13 heavy (non-hydrogen) atoms. The van der Waals surface area contributed by atoms with Crippen molar-refractivity contribution in [1.29, 1.82) is 0 Å². The van der Waals surface area contributed by atoms with Crippen molar-refractivity contribution in [3.8, 4) is 0 Å². The molecule has 1 saturated heterocycles. The second-order valence-electron chi connectivity index (χ2n) is 4.03. The van der Waals surface area contributed by atoms with Gasteiger partial charge in [-0.25, -0.2) is 0 Å². The van der Waals surface area contributed by atoms with Crippen LogP contribution in [-0.2, 0) is 14.3 Å². The van der Waals surface area contributed by atoms with Gasteiger partial charge in [0.1, 0.15) is 6.61 Å². The smallest absolute Gasteiger partial charge is 0.272 e. The van der Waals surface area contributed by atoms with Gasteiger partial charge in [0, 0.05) is 5.54 Å². The second kappa shape index (κ2) is 3.28. The fourth-order valence-corrected chi connectivity index (χ4v) is 0.975. The number of hydrogen-bond donors (Lipinski definition) is 1. The van der Waals surface area contributed by atoms with Crippen molar-refractivity contribution >= 4 is 5.91 Å². The molecule has 1 aliphatic heterocycles. The van der Waals surface area contributed by atoms with E-state index in [9.17, 15) is 4.79 Å². The number of hydrogen-bond acceptors (Lipinski definition) is 3. The molecule has 74 valence electrons. The van der Waals surface area contributed by atoms with Crippen LogP contribution in [0, 0.1) is 0 Å². The molecule has 1 amide bonds. The van der Waals surface area contributed by atoms with Crippen LogP contribution in [0.3, 0.4) is 0 Å². The Balaban J connectivity index is 2.45. The number of ether oxygens (including phenoxy) is 2. The Morgan fingerprint density at radius 2 is 2.23 bits per heavy atom. The van der Waals surface area contributed by atoms with Crippen molar-refractivity contribution in [1.82, 2.24) is 5.32 Å². The van der Waals surface area contributed by atoms with Crippen LogP contribution in [0.5, 0.6) is 0 Å². The van der Waals surface area contributed by atoms with Gasteiger partial charge in [-0.2, -0.15) is 0 Å². The molecule has 0 aromatic heterocycles. The standard InChI is InChI=1S/C9H15NO3/c1-6-12-5-7(13-6)8(11)10-9(2,3)4/h7H,1,5H2,2-4H3,(H,10,11). The summed E-state index contributed by atoms with van der Waals surface area (Å²) in [7, 11) is 0. The lowest BCUT2D eigenvalue weighted by Crippen LogP contribution is -2.46. The molecule has 0 saturated carbocycles. The van der Waals surface area contributed by atoms with E-state index in [1.165, 1.54) is 0 Å². The van der Waals surface area contributed by atoms with Crippen molar-refractivity contribution in [3.63, 3.8) is 0 Å². The zero-order valence-electron chi connectivity index (χ0n) is 8.22. The number of rotatable bonds is 1. The van der Waals surface area contributed by atoms with Gasteiger partial charge in [-0.1, -0.05) is 0 Å². The van der Waals surface area contributed by atoms with E-state index < -0.39 is 6.10 Å². The molecule has 1 atom stereocenters. The van der Waals surface area contributed by atoms with Gasteiger partial charge >= 0.3 is 0 Å². The fourth-order valence-electron chi connectivity index (χ4n) is 0.975. The molecule has 1 heterocycles. The lowest BCUT2D eigenvalue weighted by atomic mass is 10.1. The first-order valence-electron chi connectivity index (χ1n) is 4.19. The number of carbonyl (C=O) groups is 1. The van der Waals surface area contributed by atoms with E-state index in [0.717, 1.165) is 0 Å². The van der Waals surface area contributed by atoms with Crippen LogP contribution in [0.4, 0.5) is 0 Å².